The lowest BCUT2D eigenvalue weighted by molar-refractivity contribution is 0.103. The van der Waals surface area contributed by atoms with Gasteiger partial charge in [0.2, 0.25) is 0 Å². The van der Waals surface area contributed by atoms with Crippen LogP contribution in [0.4, 0.5) is 11.4 Å². The van der Waals surface area contributed by atoms with Crippen LogP contribution in [-0.4, -0.2) is 5.91 Å². The average molecular weight is 286 g/mol. The number of aryl methyl sites for hydroxylation is 3. The number of hydrogen-bond acceptors (Lipinski definition) is 3. The molecule has 1 aliphatic carbocycles. The lowest BCUT2D eigenvalue weighted by Gasteiger charge is -2.07. The first-order valence-corrected chi connectivity index (χ1v) is 7.80. The van der Waals surface area contributed by atoms with E-state index in [9.17, 15) is 4.79 Å². The molecule has 0 unspecified atom stereocenters. The average Bonchev–Trinajstić information content (AvgIpc) is 2.99. The van der Waals surface area contributed by atoms with Crippen LogP contribution in [0.1, 0.15) is 39.0 Å². The van der Waals surface area contributed by atoms with Crippen LogP contribution in [0, 0.1) is 0 Å². The molecule has 0 aliphatic heterocycles. The third-order valence-electron chi connectivity index (χ3n) is 3.76. The molecule has 0 fully saturated rings. The molecule has 0 radical (unpaired) electrons. The van der Waals surface area contributed by atoms with E-state index in [4.69, 9.17) is 5.73 Å². The van der Waals surface area contributed by atoms with E-state index in [1.165, 1.54) is 16.9 Å². The monoisotopic (exact) mass is 286 g/mol. The maximum Gasteiger partial charge on any atom is 0.265 e. The minimum absolute atomic E-state index is 0.0342. The van der Waals surface area contributed by atoms with E-state index in [2.05, 4.69) is 12.2 Å². The zero-order chi connectivity index (χ0) is 14.1. The van der Waals surface area contributed by atoms with Gasteiger partial charge in [-0.05, 0) is 55.0 Å². The summed E-state index contributed by atoms with van der Waals surface area (Å²) in [4.78, 5) is 14.4. The van der Waals surface area contributed by atoms with Crippen LogP contribution in [0.2, 0.25) is 0 Å². The number of thiophene rings is 1. The predicted molar refractivity (Wildman–Crippen MR) is 84.5 cm³/mol. The lowest BCUT2D eigenvalue weighted by atomic mass is 10.1. The molecule has 2 aromatic rings. The topological polar surface area (TPSA) is 55.1 Å². The molecule has 0 saturated heterocycles. The number of carbonyl (C=O) groups excluding carboxylic acids is 1. The van der Waals surface area contributed by atoms with Crippen LogP contribution >= 0.6 is 11.3 Å². The third kappa shape index (κ3) is 2.43. The fraction of sp³-hybridized carbons (Fsp3) is 0.312. The number of carbonyl (C=O) groups is 1. The standard InChI is InChI=1S/C16H18N2OS/c1-2-10-6-7-12(9-13(10)17)18-16(19)15-8-11-4-3-5-14(11)20-15/h6-9H,2-5,17H2,1H3,(H,18,19). The number of nitrogens with one attached hydrogen (secondary N) is 1. The number of fused-ring (bicyclic) bond motifs is 1. The van der Waals surface area contributed by atoms with Crippen molar-refractivity contribution in [1.82, 2.24) is 0 Å². The Morgan fingerprint density at radius 3 is 2.90 bits per heavy atom. The van der Waals surface area contributed by atoms with Crippen LogP contribution in [0.15, 0.2) is 24.3 Å². The molecule has 0 bridgehead atoms. The zero-order valence-corrected chi connectivity index (χ0v) is 12.3. The Kier molecular flexibility index (Phi) is 3.49. The van der Waals surface area contributed by atoms with Gasteiger partial charge in [0, 0.05) is 16.3 Å². The summed E-state index contributed by atoms with van der Waals surface area (Å²) in [5.74, 6) is -0.0342. The Labute approximate surface area is 122 Å². The Bertz CT molecular complexity index is 639. The van der Waals surface area contributed by atoms with E-state index in [-0.39, 0.29) is 5.91 Å². The molecule has 1 amide bonds. The number of amides is 1. The molecule has 20 heavy (non-hydrogen) atoms. The molecule has 3 nitrogen and oxygen atoms in total. The summed E-state index contributed by atoms with van der Waals surface area (Å²) >= 11 is 1.62. The Hall–Kier alpha value is -1.81. The highest BCUT2D eigenvalue weighted by Gasteiger charge is 2.18. The summed E-state index contributed by atoms with van der Waals surface area (Å²) in [5, 5.41) is 2.93. The highest BCUT2D eigenvalue weighted by Crippen LogP contribution is 2.31. The van der Waals surface area contributed by atoms with Gasteiger partial charge in [0.15, 0.2) is 0 Å². The summed E-state index contributed by atoms with van der Waals surface area (Å²) in [5.41, 5.74) is 9.91. The van der Waals surface area contributed by atoms with Gasteiger partial charge in [0.05, 0.1) is 4.88 Å². The molecular weight excluding hydrogens is 268 g/mol. The predicted octanol–water partition coefficient (Wildman–Crippen LogP) is 3.63. The van der Waals surface area contributed by atoms with Gasteiger partial charge in [-0.2, -0.15) is 0 Å². The smallest absolute Gasteiger partial charge is 0.265 e. The summed E-state index contributed by atoms with van der Waals surface area (Å²) in [6.07, 6.45) is 4.35. The molecule has 0 saturated carbocycles. The molecule has 4 heteroatoms. The molecule has 104 valence electrons. The molecular formula is C16H18N2OS. The van der Waals surface area contributed by atoms with Gasteiger partial charge < -0.3 is 11.1 Å². The first kappa shape index (κ1) is 13.2. The van der Waals surface area contributed by atoms with Crippen molar-refractivity contribution in [1.29, 1.82) is 0 Å². The van der Waals surface area contributed by atoms with Crippen molar-refractivity contribution in [3.63, 3.8) is 0 Å². The molecule has 0 spiro atoms. The number of nitrogen functional groups attached to an aromatic ring is 1. The van der Waals surface area contributed by atoms with Gasteiger partial charge in [-0.1, -0.05) is 13.0 Å². The number of nitrogens with two attached hydrogens (primary N) is 1. The Morgan fingerprint density at radius 1 is 1.35 bits per heavy atom. The maximum absolute atomic E-state index is 12.2. The van der Waals surface area contributed by atoms with Gasteiger partial charge >= 0.3 is 0 Å². The number of hydrogen-bond donors (Lipinski definition) is 2. The van der Waals surface area contributed by atoms with E-state index < -0.39 is 0 Å². The number of anilines is 2. The SMILES string of the molecule is CCc1ccc(NC(=O)c2cc3c(s2)CCC3)cc1N. The van der Waals surface area contributed by atoms with Crippen molar-refractivity contribution in [3.05, 3.63) is 45.1 Å². The highest BCUT2D eigenvalue weighted by molar-refractivity contribution is 7.14. The number of rotatable bonds is 3. The molecule has 1 heterocycles. The van der Waals surface area contributed by atoms with Gasteiger partial charge in [0.25, 0.3) is 5.91 Å². The second-order valence-electron chi connectivity index (χ2n) is 5.13. The lowest BCUT2D eigenvalue weighted by Crippen LogP contribution is -2.10. The van der Waals surface area contributed by atoms with Gasteiger partial charge in [-0.25, -0.2) is 0 Å². The largest absolute Gasteiger partial charge is 0.398 e. The van der Waals surface area contributed by atoms with Crippen molar-refractivity contribution in [2.24, 2.45) is 0 Å². The summed E-state index contributed by atoms with van der Waals surface area (Å²) in [6.45, 7) is 2.07. The first-order valence-electron chi connectivity index (χ1n) is 6.98. The Morgan fingerprint density at radius 2 is 2.20 bits per heavy atom. The van der Waals surface area contributed by atoms with E-state index in [0.717, 1.165) is 41.1 Å². The van der Waals surface area contributed by atoms with Crippen molar-refractivity contribution < 1.29 is 4.79 Å². The highest BCUT2D eigenvalue weighted by atomic mass is 32.1. The summed E-state index contributed by atoms with van der Waals surface area (Å²) in [7, 11) is 0. The van der Waals surface area contributed by atoms with Crippen LogP contribution in [-0.2, 0) is 19.3 Å². The molecule has 1 aromatic heterocycles. The molecule has 3 rings (SSSR count). The van der Waals surface area contributed by atoms with Gasteiger partial charge in [-0.3, -0.25) is 4.79 Å². The quantitative estimate of drug-likeness (QED) is 0.846. The zero-order valence-electron chi connectivity index (χ0n) is 11.5. The molecule has 1 aliphatic rings. The fourth-order valence-electron chi connectivity index (χ4n) is 2.63. The van der Waals surface area contributed by atoms with E-state index in [1.54, 1.807) is 11.3 Å². The van der Waals surface area contributed by atoms with Crippen LogP contribution in [0.5, 0.6) is 0 Å². The van der Waals surface area contributed by atoms with E-state index in [0.29, 0.717) is 0 Å². The normalized spacial score (nSPS) is 13.2. The van der Waals surface area contributed by atoms with E-state index in [1.807, 2.05) is 24.3 Å². The minimum atomic E-state index is -0.0342. The second kappa shape index (κ2) is 5.29. The second-order valence-corrected chi connectivity index (χ2v) is 6.27. The Balaban J connectivity index is 1.76. The van der Waals surface area contributed by atoms with E-state index >= 15 is 0 Å². The van der Waals surface area contributed by atoms with Crippen LogP contribution in [0.3, 0.4) is 0 Å². The summed E-state index contributed by atoms with van der Waals surface area (Å²) in [6, 6.07) is 7.75. The van der Waals surface area contributed by atoms with Crippen LogP contribution in [0.25, 0.3) is 0 Å². The molecule has 1 aromatic carbocycles. The van der Waals surface area contributed by atoms with Crippen molar-refractivity contribution in [2.45, 2.75) is 32.6 Å². The van der Waals surface area contributed by atoms with Crippen molar-refractivity contribution in [3.8, 4) is 0 Å². The van der Waals surface area contributed by atoms with Crippen LogP contribution < -0.4 is 11.1 Å². The maximum atomic E-state index is 12.2. The number of benzene rings is 1. The molecule has 0 atom stereocenters. The van der Waals surface area contributed by atoms with Gasteiger partial charge in [-0.15, -0.1) is 11.3 Å². The van der Waals surface area contributed by atoms with Crippen molar-refractivity contribution in [2.75, 3.05) is 11.1 Å². The third-order valence-corrected chi connectivity index (χ3v) is 4.99. The first-order chi connectivity index (χ1) is 9.67. The van der Waals surface area contributed by atoms with Gasteiger partial charge in [0.1, 0.15) is 0 Å². The fourth-order valence-corrected chi connectivity index (χ4v) is 3.78. The van der Waals surface area contributed by atoms with Crippen molar-refractivity contribution >= 4 is 28.6 Å². The molecule has 3 N–H and O–H groups in total. The minimum Gasteiger partial charge on any atom is -0.398 e. The summed E-state index contributed by atoms with van der Waals surface area (Å²) < 4.78 is 0.